The van der Waals surface area contributed by atoms with Gasteiger partial charge in [-0.1, -0.05) is 0 Å². The third kappa shape index (κ3) is 4.76. The van der Waals surface area contributed by atoms with Crippen LogP contribution in [0.4, 0.5) is 5.69 Å². The summed E-state index contributed by atoms with van der Waals surface area (Å²) in [7, 11) is 0. The highest BCUT2D eigenvalue weighted by atomic mass is 16.6. The molecule has 136 valence electrons. The molecule has 1 aromatic heterocycles. The van der Waals surface area contributed by atoms with Crippen LogP contribution in [0.3, 0.4) is 0 Å². The normalized spacial score (nSPS) is 10.5. The van der Waals surface area contributed by atoms with Crippen LogP contribution in [0.25, 0.3) is 0 Å². The molecule has 26 heavy (non-hydrogen) atoms. The highest BCUT2D eigenvalue weighted by Gasteiger charge is 2.22. The summed E-state index contributed by atoms with van der Waals surface area (Å²) >= 11 is 0. The first kappa shape index (κ1) is 18.8. The smallest absolute Gasteiger partial charge is 0.315 e. The van der Waals surface area contributed by atoms with Gasteiger partial charge in [-0.05, 0) is 32.0 Å². The zero-order valence-corrected chi connectivity index (χ0v) is 14.3. The lowest BCUT2D eigenvalue weighted by molar-refractivity contribution is -0.385. The van der Waals surface area contributed by atoms with Crippen LogP contribution in [0.5, 0.6) is 11.5 Å². The second-order valence-electron chi connectivity index (χ2n) is 4.93. The molecule has 0 saturated heterocycles. The van der Waals surface area contributed by atoms with Gasteiger partial charge in [0.15, 0.2) is 5.75 Å². The van der Waals surface area contributed by atoms with Crippen LogP contribution in [-0.2, 0) is 0 Å². The number of nitro benzene ring substituents is 1. The van der Waals surface area contributed by atoms with E-state index in [0.717, 1.165) is 0 Å². The van der Waals surface area contributed by atoms with Crippen LogP contribution in [-0.4, -0.2) is 35.2 Å². The van der Waals surface area contributed by atoms with Crippen LogP contribution in [0.15, 0.2) is 41.8 Å². The van der Waals surface area contributed by atoms with Gasteiger partial charge in [-0.25, -0.2) is 5.43 Å². The molecule has 0 aliphatic heterocycles. The highest BCUT2D eigenvalue weighted by Crippen LogP contribution is 2.38. The number of hydrogen-bond acceptors (Lipinski definition) is 7. The number of nitro groups is 1. The predicted octanol–water partition coefficient (Wildman–Crippen LogP) is 2.55. The van der Waals surface area contributed by atoms with Crippen molar-refractivity contribution < 1.29 is 19.2 Å². The summed E-state index contributed by atoms with van der Waals surface area (Å²) < 4.78 is 10.8. The number of nitrogens with zero attached hydrogens (tertiary/aromatic N) is 3. The number of carbonyl (C=O) groups excluding carboxylic acids is 1. The first-order chi connectivity index (χ1) is 12.6. The van der Waals surface area contributed by atoms with E-state index < -0.39 is 10.8 Å². The van der Waals surface area contributed by atoms with Gasteiger partial charge in [-0.2, -0.15) is 5.10 Å². The quantitative estimate of drug-likeness (QED) is 0.440. The van der Waals surface area contributed by atoms with Crippen LogP contribution in [0.2, 0.25) is 0 Å². The molecule has 2 rings (SSSR count). The van der Waals surface area contributed by atoms with Crippen molar-refractivity contribution in [2.24, 2.45) is 5.10 Å². The fourth-order valence-electron chi connectivity index (χ4n) is 2.10. The summed E-state index contributed by atoms with van der Waals surface area (Å²) in [6.07, 6.45) is 4.24. The summed E-state index contributed by atoms with van der Waals surface area (Å²) in [5.74, 6) is -0.140. The van der Waals surface area contributed by atoms with Gasteiger partial charge in [0.05, 0.1) is 29.9 Å². The molecule has 0 aliphatic rings. The number of rotatable bonds is 8. The molecule has 1 heterocycles. The topological polar surface area (TPSA) is 116 Å². The minimum Gasteiger partial charge on any atom is -0.490 e. The zero-order chi connectivity index (χ0) is 18.9. The second kappa shape index (κ2) is 9.11. The minimum atomic E-state index is -0.556. The van der Waals surface area contributed by atoms with Crippen molar-refractivity contribution in [1.82, 2.24) is 10.4 Å². The molecule has 0 fully saturated rings. The Morgan fingerprint density at radius 1 is 1.35 bits per heavy atom. The Kier molecular flexibility index (Phi) is 6.60. The van der Waals surface area contributed by atoms with Crippen molar-refractivity contribution >= 4 is 17.8 Å². The number of carbonyl (C=O) groups is 1. The summed E-state index contributed by atoms with van der Waals surface area (Å²) in [4.78, 5) is 26.5. The maximum Gasteiger partial charge on any atom is 0.315 e. The largest absolute Gasteiger partial charge is 0.490 e. The second-order valence-corrected chi connectivity index (χ2v) is 4.93. The number of benzene rings is 1. The lowest BCUT2D eigenvalue weighted by Gasteiger charge is -2.11. The molecule has 1 aromatic carbocycles. The molecule has 0 bridgehead atoms. The Balaban J connectivity index is 2.25. The van der Waals surface area contributed by atoms with Gasteiger partial charge in [0.1, 0.15) is 0 Å². The van der Waals surface area contributed by atoms with Crippen LogP contribution in [0.1, 0.15) is 29.8 Å². The first-order valence-corrected chi connectivity index (χ1v) is 7.88. The van der Waals surface area contributed by atoms with Crippen molar-refractivity contribution in [2.75, 3.05) is 13.2 Å². The monoisotopic (exact) mass is 358 g/mol. The average Bonchev–Trinajstić information content (AvgIpc) is 2.64. The first-order valence-electron chi connectivity index (χ1n) is 7.88. The molecular formula is C17H18N4O5. The van der Waals surface area contributed by atoms with Gasteiger partial charge in [0.25, 0.3) is 5.91 Å². The average molecular weight is 358 g/mol. The van der Waals surface area contributed by atoms with E-state index in [2.05, 4.69) is 15.5 Å². The van der Waals surface area contributed by atoms with E-state index in [1.165, 1.54) is 18.5 Å². The lowest BCUT2D eigenvalue weighted by Crippen LogP contribution is -2.17. The number of ether oxygens (including phenoxy) is 2. The summed E-state index contributed by atoms with van der Waals surface area (Å²) in [5.41, 5.74) is 2.83. The van der Waals surface area contributed by atoms with Gasteiger partial charge in [0, 0.05) is 24.0 Å². The molecule has 0 atom stereocenters. The van der Waals surface area contributed by atoms with Gasteiger partial charge < -0.3 is 9.47 Å². The van der Waals surface area contributed by atoms with E-state index in [1.54, 1.807) is 38.2 Å². The number of hydrazone groups is 1. The van der Waals surface area contributed by atoms with Gasteiger partial charge >= 0.3 is 5.69 Å². The minimum absolute atomic E-state index is 0.0656. The van der Waals surface area contributed by atoms with E-state index in [0.29, 0.717) is 17.7 Å². The van der Waals surface area contributed by atoms with Gasteiger partial charge in [-0.15, -0.1) is 0 Å². The SMILES string of the molecule is CCOc1cc(/C=N\NC(=O)c2cccnc2)cc([N+](=O)[O-])c1OCC. The summed E-state index contributed by atoms with van der Waals surface area (Å²) in [5, 5.41) is 15.1. The number of nitrogens with one attached hydrogen (secondary N) is 1. The molecule has 0 unspecified atom stereocenters. The zero-order valence-electron chi connectivity index (χ0n) is 14.3. The Morgan fingerprint density at radius 3 is 2.73 bits per heavy atom. The van der Waals surface area contributed by atoms with Crippen molar-refractivity contribution in [3.05, 3.63) is 57.9 Å². The van der Waals surface area contributed by atoms with Crippen LogP contribution in [0, 0.1) is 10.1 Å². The molecule has 0 radical (unpaired) electrons. The Hall–Kier alpha value is -3.49. The molecular weight excluding hydrogens is 340 g/mol. The van der Waals surface area contributed by atoms with Crippen molar-refractivity contribution in [3.63, 3.8) is 0 Å². The molecule has 0 spiro atoms. The number of hydrogen-bond donors (Lipinski definition) is 1. The van der Waals surface area contributed by atoms with Gasteiger partial charge in [0.2, 0.25) is 5.75 Å². The van der Waals surface area contributed by atoms with Crippen LogP contribution < -0.4 is 14.9 Å². The molecule has 1 N–H and O–H groups in total. The van der Waals surface area contributed by atoms with E-state index in [1.807, 2.05) is 0 Å². The molecule has 9 nitrogen and oxygen atoms in total. The third-order valence-electron chi connectivity index (χ3n) is 3.15. The lowest BCUT2D eigenvalue weighted by atomic mass is 10.2. The van der Waals surface area contributed by atoms with E-state index in [4.69, 9.17) is 9.47 Å². The molecule has 0 saturated carbocycles. The van der Waals surface area contributed by atoms with Crippen molar-refractivity contribution in [3.8, 4) is 11.5 Å². The molecule has 1 amide bonds. The van der Waals surface area contributed by atoms with Crippen LogP contribution >= 0.6 is 0 Å². The summed E-state index contributed by atoms with van der Waals surface area (Å²) in [6.45, 7) is 4.06. The summed E-state index contributed by atoms with van der Waals surface area (Å²) in [6, 6.07) is 6.07. The van der Waals surface area contributed by atoms with Crippen molar-refractivity contribution in [2.45, 2.75) is 13.8 Å². The Morgan fingerprint density at radius 2 is 2.12 bits per heavy atom. The maximum atomic E-state index is 11.9. The molecule has 9 heteroatoms. The van der Waals surface area contributed by atoms with Crippen molar-refractivity contribution in [1.29, 1.82) is 0 Å². The number of aromatic nitrogens is 1. The van der Waals surface area contributed by atoms with E-state index in [9.17, 15) is 14.9 Å². The maximum absolute atomic E-state index is 11.9. The van der Waals surface area contributed by atoms with Gasteiger partial charge in [-0.3, -0.25) is 19.9 Å². The van der Waals surface area contributed by atoms with E-state index in [-0.39, 0.29) is 23.8 Å². The standard InChI is InChI=1S/C17H18N4O5/c1-3-25-15-9-12(8-14(21(23)24)16(15)26-4-2)10-19-20-17(22)13-6-5-7-18-11-13/h5-11H,3-4H2,1-2H3,(H,20,22)/b19-10-. The third-order valence-corrected chi connectivity index (χ3v) is 3.15. The molecule has 2 aromatic rings. The fraction of sp³-hybridized carbons (Fsp3) is 0.235. The fourth-order valence-corrected chi connectivity index (χ4v) is 2.10. The predicted molar refractivity (Wildman–Crippen MR) is 94.7 cm³/mol. The number of pyridine rings is 1. The Labute approximate surface area is 149 Å². The van der Waals surface area contributed by atoms with E-state index >= 15 is 0 Å². The highest BCUT2D eigenvalue weighted by molar-refractivity contribution is 5.94. The molecule has 0 aliphatic carbocycles. The Bertz CT molecular complexity index is 808. The number of amides is 1.